The summed E-state index contributed by atoms with van der Waals surface area (Å²) in [6, 6.07) is 7.83. The van der Waals surface area contributed by atoms with E-state index in [1.165, 1.54) is 0 Å². The molecule has 0 aromatic heterocycles. The first-order chi connectivity index (χ1) is 10.1. The molecule has 1 aromatic rings. The zero-order valence-electron chi connectivity index (χ0n) is 13.3. The van der Waals surface area contributed by atoms with Crippen LogP contribution in [0.3, 0.4) is 0 Å². The van der Waals surface area contributed by atoms with Gasteiger partial charge in [0.05, 0.1) is 11.5 Å². The van der Waals surface area contributed by atoms with Crippen LogP contribution in [0.2, 0.25) is 5.02 Å². The number of carbonyl (C=O) groups is 1. The van der Waals surface area contributed by atoms with Crippen molar-refractivity contribution in [1.82, 2.24) is 10.6 Å². The van der Waals surface area contributed by atoms with Crippen molar-refractivity contribution >= 4 is 29.9 Å². The number of nitrogens with one attached hydrogen (secondary N) is 2. The molecule has 2 N–H and O–H groups in total. The fraction of sp³-hybridized carbons (Fsp3) is 0.588. The van der Waals surface area contributed by atoms with Crippen molar-refractivity contribution in [3.05, 3.63) is 34.9 Å². The lowest BCUT2D eigenvalue weighted by Crippen LogP contribution is -2.50. The Balaban J connectivity index is 0.00000242. The lowest BCUT2D eigenvalue weighted by atomic mass is 9.83. The highest BCUT2D eigenvalue weighted by Gasteiger charge is 2.33. The number of carbonyl (C=O) groups excluding carboxylic acids is 1. The molecule has 1 amide bonds. The van der Waals surface area contributed by atoms with Crippen molar-refractivity contribution in [2.24, 2.45) is 5.92 Å². The predicted molar refractivity (Wildman–Crippen MR) is 94.7 cm³/mol. The van der Waals surface area contributed by atoms with Gasteiger partial charge >= 0.3 is 0 Å². The zero-order chi connectivity index (χ0) is 15.3. The van der Waals surface area contributed by atoms with Gasteiger partial charge in [-0.25, -0.2) is 0 Å². The van der Waals surface area contributed by atoms with Crippen molar-refractivity contribution in [3.63, 3.8) is 0 Å². The minimum atomic E-state index is -0.293. The fourth-order valence-corrected chi connectivity index (χ4v) is 3.22. The molecule has 0 spiro atoms. The van der Waals surface area contributed by atoms with Gasteiger partial charge in [0.1, 0.15) is 0 Å². The van der Waals surface area contributed by atoms with Crippen LogP contribution in [0.4, 0.5) is 0 Å². The van der Waals surface area contributed by atoms with Crippen LogP contribution < -0.4 is 10.6 Å². The standard InChI is InChI=1S/C17H25ClN2O.ClH/c1-3-17(4-2,14-7-9-15(18)10-8-14)20-16(21)13-6-5-11-19-12-13;/h7-10,13,19H,3-6,11-12H2,1-2H3,(H,20,21);1H. The Hall–Kier alpha value is -0.770. The van der Waals surface area contributed by atoms with Gasteiger partial charge in [-0.2, -0.15) is 0 Å². The van der Waals surface area contributed by atoms with Crippen LogP contribution in [0, 0.1) is 5.92 Å². The van der Waals surface area contributed by atoms with Gasteiger partial charge in [0, 0.05) is 11.6 Å². The summed E-state index contributed by atoms with van der Waals surface area (Å²) in [5.41, 5.74) is 0.841. The van der Waals surface area contributed by atoms with Crippen molar-refractivity contribution in [2.75, 3.05) is 13.1 Å². The van der Waals surface area contributed by atoms with Gasteiger partial charge in [-0.15, -0.1) is 12.4 Å². The minimum absolute atomic E-state index is 0. The molecule has 0 aliphatic carbocycles. The molecule has 2 rings (SSSR count). The van der Waals surface area contributed by atoms with Crippen molar-refractivity contribution in [2.45, 2.75) is 45.1 Å². The molecule has 0 bridgehead atoms. The number of halogens is 2. The Morgan fingerprint density at radius 3 is 2.45 bits per heavy atom. The fourth-order valence-electron chi connectivity index (χ4n) is 3.09. The van der Waals surface area contributed by atoms with Crippen LogP contribution in [0.15, 0.2) is 24.3 Å². The van der Waals surface area contributed by atoms with Gasteiger partial charge in [-0.1, -0.05) is 37.6 Å². The predicted octanol–water partition coefficient (Wildman–Crippen LogP) is 3.89. The van der Waals surface area contributed by atoms with Crippen molar-refractivity contribution in [3.8, 4) is 0 Å². The topological polar surface area (TPSA) is 41.1 Å². The Morgan fingerprint density at radius 2 is 1.95 bits per heavy atom. The van der Waals surface area contributed by atoms with Crippen LogP contribution in [-0.4, -0.2) is 19.0 Å². The van der Waals surface area contributed by atoms with E-state index in [-0.39, 0.29) is 29.8 Å². The van der Waals surface area contributed by atoms with E-state index in [0.29, 0.717) is 0 Å². The Kier molecular flexibility index (Phi) is 7.67. The average molecular weight is 345 g/mol. The van der Waals surface area contributed by atoms with E-state index in [9.17, 15) is 4.79 Å². The average Bonchev–Trinajstić information content (AvgIpc) is 2.54. The quantitative estimate of drug-likeness (QED) is 0.850. The Labute approximate surface area is 144 Å². The number of piperidine rings is 1. The van der Waals surface area contributed by atoms with Crippen LogP contribution in [-0.2, 0) is 10.3 Å². The molecule has 1 heterocycles. The van der Waals surface area contributed by atoms with E-state index < -0.39 is 0 Å². The number of hydrogen-bond acceptors (Lipinski definition) is 2. The number of benzene rings is 1. The van der Waals surface area contributed by atoms with E-state index in [0.717, 1.165) is 49.4 Å². The highest BCUT2D eigenvalue weighted by Crippen LogP contribution is 2.30. The van der Waals surface area contributed by atoms with Crippen LogP contribution in [0.1, 0.15) is 45.1 Å². The molecule has 22 heavy (non-hydrogen) atoms. The first-order valence-electron chi connectivity index (χ1n) is 7.90. The smallest absolute Gasteiger partial charge is 0.225 e. The molecule has 5 heteroatoms. The van der Waals surface area contributed by atoms with Gasteiger partial charge in [-0.05, 0) is 49.9 Å². The van der Waals surface area contributed by atoms with Crippen LogP contribution in [0.25, 0.3) is 0 Å². The second-order valence-corrected chi connectivity index (χ2v) is 6.27. The second-order valence-electron chi connectivity index (χ2n) is 5.83. The number of amides is 1. The second kappa shape index (κ2) is 8.76. The molecule has 1 aliphatic heterocycles. The minimum Gasteiger partial charge on any atom is -0.346 e. The van der Waals surface area contributed by atoms with E-state index >= 15 is 0 Å². The molecule has 0 saturated carbocycles. The van der Waals surface area contributed by atoms with E-state index in [4.69, 9.17) is 11.6 Å². The van der Waals surface area contributed by atoms with E-state index in [2.05, 4.69) is 24.5 Å². The van der Waals surface area contributed by atoms with Gasteiger partial charge in [0.15, 0.2) is 0 Å². The molecule has 1 aromatic carbocycles. The van der Waals surface area contributed by atoms with E-state index in [1.54, 1.807) is 0 Å². The number of hydrogen-bond donors (Lipinski definition) is 2. The van der Waals surface area contributed by atoms with Crippen molar-refractivity contribution in [1.29, 1.82) is 0 Å². The summed E-state index contributed by atoms with van der Waals surface area (Å²) in [7, 11) is 0. The largest absolute Gasteiger partial charge is 0.346 e. The van der Waals surface area contributed by atoms with Crippen LogP contribution >= 0.6 is 24.0 Å². The van der Waals surface area contributed by atoms with Crippen molar-refractivity contribution < 1.29 is 4.79 Å². The molecule has 124 valence electrons. The maximum Gasteiger partial charge on any atom is 0.225 e. The molecule has 3 nitrogen and oxygen atoms in total. The van der Waals surface area contributed by atoms with E-state index in [1.807, 2.05) is 24.3 Å². The highest BCUT2D eigenvalue weighted by molar-refractivity contribution is 6.30. The summed E-state index contributed by atoms with van der Waals surface area (Å²) in [5, 5.41) is 7.34. The molecule has 1 saturated heterocycles. The maximum absolute atomic E-state index is 12.6. The SMILES string of the molecule is CCC(CC)(NC(=O)C1CCCNC1)c1ccc(Cl)cc1.Cl. The third kappa shape index (κ3) is 4.37. The summed E-state index contributed by atoms with van der Waals surface area (Å²) >= 11 is 5.98. The molecule has 1 atom stereocenters. The molecule has 1 aliphatic rings. The lowest BCUT2D eigenvalue weighted by Gasteiger charge is -2.36. The van der Waals surface area contributed by atoms with Gasteiger partial charge in [-0.3, -0.25) is 4.79 Å². The summed E-state index contributed by atoms with van der Waals surface area (Å²) < 4.78 is 0. The summed E-state index contributed by atoms with van der Waals surface area (Å²) in [6.45, 7) is 6.05. The Bertz CT molecular complexity index is 466. The normalized spacial score (nSPS) is 18.4. The first-order valence-corrected chi connectivity index (χ1v) is 8.28. The Morgan fingerprint density at radius 1 is 1.32 bits per heavy atom. The molecule has 1 unspecified atom stereocenters. The lowest BCUT2D eigenvalue weighted by molar-refractivity contribution is -0.127. The summed E-state index contributed by atoms with van der Waals surface area (Å²) in [4.78, 5) is 12.6. The summed E-state index contributed by atoms with van der Waals surface area (Å²) in [5.74, 6) is 0.254. The van der Waals surface area contributed by atoms with Gasteiger partial charge in [0.25, 0.3) is 0 Å². The molecule has 0 radical (unpaired) electrons. The maximum atomic E-state index is 12.6. The summed E-state index contributed by atoms with van der Waals surface area (Å²) in [6.07, 6.45) is 3.79. The van der Waals surface area contributed by atoms with Gasteiger partial charge < -0.3 is 10.6 Å². The van der Waals surface area contributed by atoms with Gasteiger partial charge in [0.2, 0.25) is 5.91 Å². The third-order valence-electron chi connectivity index (χ3n) is 4.63. The highest BCUT2D eigenvalue weighted by atomic mass is 35.5. The number of rotatable bonds is 5. The zero-order valence-corrected chi connectivity index (χ0v) is 14.9. The monoisotopic (exact) mass is 344 g/mol. The first kappa shape index (κ1) is 19.3. The molecular formula is C17H26Cl2N2O. The third-order valence-corrected chi connectivity index (χ3v) is 4.89. The van der Waals surface area contributed by atoms with Crippen LogP contribution in [0.5, 0.6) is 0 Å². The molecular weight excluding hydrogens is 319 g/mol. The molecule has 1 fully saturated rings.